The number of carbonyl (C=O) groups is 1. The van der Waals surface area contributed by atoms with Gasteiger partial charge in [0, 0.05) is 21.3 Å². The summed E-state index contributed by atoms with van der Waals surface area (Å²) in [6.45, 7) is 0. The molecule has 0 aliphatic rings. The highest BCUT2D eigenvalue weighted by Gasteiger charge is 2.03. The number of rotatable bonds is 4. The van der Waals surface area contributed by atoms with Crippen molar-refractivity contribution in [1.29, 1.82) is 0 Å². The Morgan fingerprint density at radius 3 is 2.54 bits per heavy atom. The predicted molar refractivity (Wildman–Crippen MR) is 66.5 cm³/mol. The Balaban J connectivity index is 2.61. The molecule has 1 nitrogen and oxygen atoms in total. The van der Waals surface area contributed by atoms with Crippen molar-refractivity contribution in [3.8, 4) is 0 Å². The molecule has 0 bridgehead atoms. The first-order valence-corrected chi connectivity index (χ1v) is 6.49. The zero-order valence-corrected chi connectivity index (χ0v) is 10.4. The van der Waals surface area contributed by atoms with Gasteiger partial charge in [0.1, 0.15) is 0 Å². The number of benzene rings is 1. The molecule has 0 N–H and O–H groups in total. The number of thioether (sulfide) groups is 1. The van der Waals surface area contributed by atoms with Crippen molar-refractivity contribution in [2.75, 3.05) is 12.0 Å². The van der Waals surface area contributed by atoms with Crippen LogP contribution in [0.5, 0.6) is 0 Å². The van der Waals surface area contributed by atoms with Crippen LogP contribution in [0, 0.1) is 3.57 Å². The number of ketones is 1. The highest BCUT2D eigenvalue weighted by molar-refractivity contribution is 14.1. The Kier molecular flexibility index (Phi) is 4.80. The first-order chi connectivity index (χ1) is 6.24. The molecule has 3 heteroatoms. The number of hydrogen-bond acceptors (Lipinski definition) is 2. The van der Waals surface area contributed by atoms with Crippen molar-refractivity contribution in [2.24, 2.45) is 0 Å². The van der Waals surface area contributed by atoms with E-state index in [1.807, 2.05) is 30.5 Å². The molecule has 0 aliphatic carbocycles. The number of hydrogen-bond donors (Lipinski definition) is 0. The van der Waals surface area contributed by atoms with E-state index in [-0.39, 0.29) is 5.78 Å². The van der Waals surface area contributed by atoms with E-state index in [0.29, 0.717) is 6.42 Å². The summed E-state index contributed by atoms with van der Waals surface area (Å²) in [5, 5.41) is 0. The van der Waals surface area contributed by atoms with Gasteiger partial charge in [-0.05, 0) is 41.0 Å². The molecule has 13 heavy (non-hydrogen) atoms. The SMILES string of the molecule is CSCCC(=O)c1ccc(I)cc1. The van der Waals surface area contributed by atoms with Gasteiger partial charge in [-0.1, -0.05) is 12.1 Å². The van der Waals surface area contributed by atoms with Crippen LogP contribution >= 0.6 is 34.4 Å². The smallest absolute Gasteiger partial charge is 0.163 e. The topological polar surface area (TPSA) is 17.1 Å². The third-order valence-corrected chi connectivity index (χ3v) is 3.03. The molecule has 1 rings (SSSR count). The zero-order valence-electron chi connectivity index (χ0n) is 7.42. The number of carbonyl (C=O) groups excluding carboxylic acids is 1. The van der Waals surface area contributed by atoms with E-state index >= 15 is 0 Å². The summed E-state index contributed by atoms with van der Waals surface area (Å²) >= 11 is 3.94. The summed E-state index contributed by atoms with van der Waals surface area (Å²) < 4.78 is 1.17. The average Bonchev–Trinajstić information content (AvgIpc) is 2.15. The lowest BCUT2D eigenvalue weighted by Crippen LogP contribution is -1.99. The van der Waals surface area contributed by atoms with Crippen molar-refractivity contribution in [2.45, 2.75) is 6.42 Å². The standard InChI is InChI=1S/C10H11IOS/c1-13-7-6-10(12)8-2-4-9(11)5-3-8/h2-5H,6-7H2,1H3. The van der Waals surface area contributed by atoms with Gasteiger partial charge in [0.2, 0.25) is 0 Å². The van der Waals surface area contributed by atoms with Gasteiger partial charge in [-0.15, -0.1) is 0 Å². The van der Waals surface area contributed by atoms with Gasteiger partial charge in [-0.3, -0.25) is 4.79 Å². The molecular formula is C10H11IOS. The van der Waals surface area contributed by atoms with Gasteiger partial charge in [-0.2, -0.15) is 11.8 Å². The van der Waals surface area contributed by atoms with Crippen LogP contribution in [0.3, 0.4) is 0 Å². The average molecular weight is 306 g/mol. The molecule has 70 valence electrons. The number of halogens is 1. The van der Waals surface area contributed by atoms with E-state index in [1.54, 1.807) is 11.8 Å². The van der Waals surface area contributed by atoms with Crippen LogP contribution in [0.4, 0.5) is 0 Å². The predicted octanol–water partition coefficient (Wildman–Crippen LogP) is 3.23. The quantitative estimate of drug-likeness (QED) is 0.627. The molecule has 1 aromatic rings. The lowest BCUT2D eigenvalue weighted by Gasteiger charge is -1.99. The van der Waals surface area contributed by atoms with Crippen molar-refractivity contribution in [3.05, 3.63) is 33.4 Å². The molecule has 0 amide bonds. The van der Waals surface area contributed by atoms with Crippen molar-refractivity contribution < 1.29 is 4.79 Å². The molecule has 0 aromatic heterocycles. The molecule has 0 saturated carbocycles. The molecule has 0 radical (unpaired) electrons. The van der Waals surface area contributed by atoms with Gasteiger partial charge >= 0.3 is 0 Å². The molecule has 0 unspecified atom stereocenters. The Morgan fingerprint density at radius 1 is 1.38 bits per heavy atom. The van der Waals surface area contributed by atoms with Crippen LogP contribution in [0.25, 0.3) is 0 Å². The van der Waals surface area contributed by atoms with E-state index in [1.165, 1.54) is 3.57 Å². The summed E-state index contributed by atoms with van der Waals surface area (Å²) in [5.41, 5.74) is 0.828. The first kappa shape index (κ1) is 11.0. The fourth-order valence-corrected chi connectivity index (χ4v) is 1.72. The van der Waals surface area contributed by atoms with E-state index in [0.717, 1.165) is 11.3 Å². The Hall–Kier alpha value is -0.0300. The van der Waals surface area contributed by atoms with Crippen molar-refractivity contribution in [3.63, 3.8) is 0 Å². The van der Waals surface area contributed by atoms with E-state index in [2.05, 4.69) is 22.6 Å². The minimum Gasteiger partial charge on any atom is -0.294 e. The maximum Gasteiger partial charge on any atom is 0.163 e. The van der Waals surface area contributed by atoms with Crippen LogP contribution in [0.1, 0.15) is 16.8 Å². The summed E-state index contributed by atoms with van der Waals surface area (Å²) in [6, 6.07) is 7.72. The molecule has 1 aromatic carbocycles. The Labute approximate surface area is 96.4 Å². The fraction of sp³-hybridized carbons (Fsp3) is 0.300. The minimum atomic E-state index is 0.241. The number of Topliss-reactive ketones (excluding diaryl/α,β-unsaturated/α-hetero) is 1. The van der Waals surface area contributed by atoms with Crippen LogP contribution in [0.2, 0.25) is 0 Å². The van der Waals surface area contributed by atoms with Gasteiger partial charge < -0.3 is 0 Å². The molecule has 0 atom stereocenters. The monoisotopic (exact) mass is 306 g/mol. The summed E-state index contributed by atoms with van der Waals surface area (Å²) in [6.07, 6.45) is 2.66. The van der Waals surface area contributed by atoms with Crippen LogP contribution < -0.4 is 0 Å². The molecule has 0 spiro atoms. The maximum atomic E-state index is 11.5. The second kappa shape index (κ2) is 5.65. The lowest BCUT2D eigenvalue weighted by molar-refractivity contribution is 0.0989. The van der Waals surface area contributed by atoms with Crippen LogP contribution in [-0.2, 0) is 0 Å². The van der Waals surface area contributed by atoms with E-state index in [4.69, 9.17) is 0 Å². The van der Waals surface area contributed by atoms with Crippen LogP contribution in [0.15, 0.2) is 24.3 Å². The highest BCUT2D eigenvalue weighted by atomic mass is 127. The highest BCUT2D eigenvalue weighted by Crippen LogP contribution is 2.09. The third-order valence-electron chi connectivity index (χ3n) is 1.70. The molecule has 0 aliphatic heterocycles. The normalized spacial score (nSPS) is 10.0. The summed E-state index contributed by atoms with van der Waals surface area (Å²) in [5.74, 6) is 1.15. The summed E-state index contributed by atoms with van der Waals surface area (Å²) in [4.78, 5) is 11.5. The second-order valence-corrected chi connectivity index (χ2v) is 4.90. The summed E-state index contributed by atoms with van der Waals surface area (Å²) in [7, 11) is 0. The van der Waals surface area contributed by atoms with Crippen molar-refractivity contribution >= 4 is 40.1 Å². The lowest BCUT2D eigenvalue weighted by atomic mass is 10.1. The first-order valence-electron chi connectivity index (χ1n) is 4.01. The van der Waals surface area contributed by atoms with E-state index < -0.39 is 0 Å². The van der Waals surface area contributed by atoms with Gasteiger partial charge in [-0.25, -0.2) is 0 Å². The third kappa shape index (κ3) is 3.68. The van der Waals surface area contributed by atoms with Gasteiger partial charge in [0.15, 0.2) is 5.78 Å². The molecule has 0 heterocycles. The van der Waals surface area contributed by atoms with Crippen molar-refractivity contribution in [1.82, 2.24) is 0 Å². The van der Waals surface area contributed by atoms with Gasteiger partial charge in [0.25, 0.3) is 0 Å². The molecular weight excluding hydrogens is 295 g/mol. The van der Waals surface area contributed by atoms with Gasteiger partial charge in [0.05, 0.1) is 0 Å². The largest absolute Gasteiger partial charge is 0.294 e. The van der Waals surface area contributed by atoms with Crippen LogP contribution in [-0.4, -0.2) is 17.8 Å². The minimum absolute atomic E-state index is 0.241. The molecule has 0 fully saturated rings. The second-order valence-electron chi connectivity index (χ2n) is 2.67. The Bertz CT molecular complexity index is 281. The van der Waals surface area contributed by atoms with E-state index in [9.17, 15) is 4.79 Å². The fourth-order valence-electron chi connectivity index (χ4n) is 0.975. The zero-order chi connectivity index (χ0) is 9.68. The maximum absolute atomic E-state index is 11.5. The Morgan fingerprint density at radius 2 is 2.00 bits per heavy atom. The molecule has 0 saturated heterocycles.